The van der Waals surface area contributed by atoms with Gasteiger partial charge in [-0.1, -0.05) is 36.4 Å². The van der Waals surface area contributed by atoms with Crippen molar-refractivity contribution >= 4 is 34.2 Å². The van der Waals surface area contributed by atoms with Gasteiger partial charge < -0.3 is 0 Å². The van der Waals surface area contributed by atoms with Crippen molar-refractivity contribution in [3.8, 4) is 0 Å². The first kappa shape index (κ1) is 19.5. The van der Waals surface area contributed by atoms with E-state index in [9.17, 15) is 8.42 Å². The molecule has 150 valence electrons. The average molecular weight is 420 g/mol. The third-order valence-corrected chi connectivity index (χ3v) is 7.46. The van der Waals surface area contributed by atoms with Crippen LogP contribution in [0.2, 0.25) is 0 Å². The summed E-state index contributed by atoms with van der Waals surface area (Å²) < 4.78 is 25.8. The summed E-state index contributed by atoms with van der Waals surface area (Å²) in [7, 11) is -2.83. The lowest BCUT2D eigenvalue weighted by atomic mass is 10.2. The van der Waals surface area contributed by atoms with Crippen molar-refractivity contribution in [1.82, 2.24) is 24.6 Å². The van der Waals surface area contributed by atoms with Crippen LogP contribution in [0.5, 0.6) is 0 Å². The topological polar surface area (TPSA) is 74.2 Å². The summed E-state index contributed by atoms with van der Waals surface area (Å²) in [4.78, 5) is 9.06. The van der Waals surface area contributed by atoms with Gasteiger partial charge >= 0.3 is 0 Å². The largest absolute Gasteiger partial charge is 0.297 e. The van der Waals surface area contributed by atoms with Crippen molar-refractivity contribution in [3.05, 3.63) is 46.5 Å². The molecule has 1 unspecified atom stereocenters. The molecular formula is C19H25N5O2S2. The molecule has 0 aliphatic carbocycles. The van der Waals surface area contributed by atoms with Gasteiger partial charge in [0.2, 0.25) is 4.77 Å². The molecule has 2 aliphatic rings. The fraction of sp³-hybridized carbons (Fsp3) is 0.474. The van der Waals surface area contributed by atoms with Crippen molar-refractivity contribution in [2.45, 2.75) is 19.1 Å². The molecule has 1 atom stereocenters. The van der Waals surface area contributed by atoms with Crippen LogP contribution in [0, 0.1) is 4.77 Å². The van der Waals surface area contributed by atoms with E-state index >= 15 is 0 Å². The summed E-state index contributed by atoms with van der Waals surface area (Å²) in [6, 6.07) is 10.3. The van der Waals surface area contributed by atoms with Gasteiger partial charge in [-0.05, 0) is 30.3 Å². The molecule has 3 heterocycles. The van der Waals surface area contributed by atoms with E-state index in [0.29, 0.717) is 22.9 Å². The Hall–Kier alpha value is -1.81. The fourth-order valence-electron chi connectivity index (χ4n) is 3.82. The van der Waals surface area contributed by atoms with E-state index in [0.717, 1.165) is 44.0 Å². The first-order valence-corrected chi connectivity index (χ1v) is 11.8. The molecule has 2 aliphatic heterocycles. The maximum absolute atomic E-state index is 11.7. The second-order valence-electron chi connectivity index (χ2n) is 7.42. The van der Waals surface area contributed by atoms with Gasteiger partial charge in [0.05, 0.1) is 18.2 Å². The molecular weight excluding hydrogens is 394 g/mol. The Labute approximate surface area is 170 Å². The number of H-pyrrole nitrogens is 1. The number of nitrogens with one attached hydrogen (secondary N) is 1. The number of rotatable bonds is 5. The highest BCUT2D eigenvalue weighted by Crippen LogP contribution is 2.19. The van der Waals surface area contributed by atoms with Crippen LogP contribution in [0.3, 0.4) is 0 Å². The Kier molecular flexibility index (Phi) is 5.77. The van der Waals surface area contributed by atoms with Crippen LogP contribution >= 0.6 is 12.2 Å². The molecule has 2 saturated heterocycles. The van der Waals surface area contributed by atoms with E-state index < -0.39 is 9.84 Å². The van der Waals surface area contributed by atoms with Crippen molar-refractivity contribution < 1.29 is 8.42 Å². The monoisotopic (exact) mass is 419 g/mol. The lowest BCUT2D eigenvalue weighted by Gasteiger charge is -2.37. The van der Waals surface area contributed by atoms with Crippen LogP contribution in [-0.4, -0.2) is 76.7 Å². The summed E-state index contributed by atoms with van der Waals surface area (Å²) in [5, 5.41) is 3.26. The SMILES string of the molecule is O=S1(=O)CCC(N2CCN(Cn3[nH]c(/C=C/c4ccccc4)nc3=S)CC2)C1. The van der Waals surface area contributed by atoms with Gasteiger partial charge in [0.25, 0.3) is 0 Å². The molecule has 9 heteroatoms. The number of benzene rings is 1. The maximum Gasteiger partial charge on any atom is 0.217 e. The summed E-state index contributed by atoms with van der Waals surface area (Å²) in [5.74, 6) is 1.39. The predicted octanol–water partition coefficient (Wildman–Crippen LogP) is 1.87. The molecule has 0 spiro atoms. The smallest absolute Gasteiger partial charge is 0.217 e. The number of nitrogens with zero attached hydrogens (tertiary/aromatic N) is 4. The van der Waals surface area contributed by atoms with E-state index in [1.807, 2.05) is 47.2 Å². The van der Waals surface area contributed by atoms with Crippen LogP contribution < -0.4 is 0 Å². The Morgan fingerprint density at radius 3 is 2.57 bits per heavy atom. The van der Waals surface area contributed by atoms with Crippen LogP contribution in [-0.2, 0) is 16.5 Å². The number of piperazine rings is 1. The summed E-state index contributed by atoms with van der Waals surface area (Å²) in [5.41, 5.74) is 1.11. The summed E-state index contributed by atoms with van der Waals surface area (Å²) in [6.45, 7) is 4.24. The minimum Gasteiger partial charge on any atom is -0.297 e. The Bertz CT molecular complexity index is 989. The van der Waals surface area contributed by atoms with E-state index in [1.165, 1.54) is 0 Å². The van der Waals surface area contributed by atoms with E-state index in [-0.39, 0.29) is 6.04 Å². The summed E-state index contributed by atoms with van der Waals surface area (Å²) in [6.07, 6.45) is 4.71. The first-order valence-electron chi connectivity index (χ1n) is 9.55. The van der Waals surface area contributed by atoms with Crippen molar-refractivity contribution in [2.75, 3.05) is 37.7 Å². The molecule has 4 rings (SSSR count). The minimum atomic E-state index is -2.83. The molecule has 0 saturated carbocycles. The first-order chi connectivity index (χ1) is 13.5. The molecule has 28 heavy (non-hydrogen) atoms. The zero-order valence-electron chi connectivity index (χ0n) is 15.7. The van der Waals surface area contributed by atoms with Crippen LogP contribution in [0.1, 0.15) is 17.8 Å². The second-order valence-corrected chi connectivity index (χ2v) is 10.0. The van der Waals surface area contributed by atoms with Gasteiger partial charge in [-0.25, -0.2) is 13.1 Å². The highest BCUT2D eigenvalue weighted by atomic mass is 32.2. The van der Waals surface area contributed by atoms with Gasteiger partial charge in [0, 0.05) is 32.2 Å². The normalized spacial score (nSPS) is 23.5. The van der Waals surface area contributed by atoms with E-state index in [4.69, 9.17) is 12.2 Å². The van der Waals surface area contributed by atoms with Gasteiger partial charge in [0.1, 0.15) is 5.82 Å². The highest BCUT2D eigenvalue weighted by Gasteiger charge is 2.33. The number of hydrogen-bond acceptors (Lipinski definition) is 6. The molecule has 0 bridgehead atoms. The molecule has 0 amide bonds. The minimum absolute atomic E-state index is 0.191. The quantitative estimate of drug-likeness (QED) is 0.746. The number of hydrogen-bond donors (Lipinski definition) is 1. The molecule has 2 fully saturated rings. The Morgan fingerprint density at radius 2 is 1.89 bits per heavy atom. The lowest BCUT2D eigenvalue weighted by molar-refractivity contribution is 0.0808. The predicted molar refractivity (Wildman–Crippen MR) is 113 cm³/mol. The number of aromatic nitrogens is 3. The summed E-state index contributed by atoms with van der Waals surface area (Å²) >= 11 is 5.39. The van der Waals surface area contributed by atoms with E-state index in [2.05, 4.69) is 19.9 Å². The number of sulfone groups is 1. The Balaban J connectivity index is 1.32. The van der Waals surface area contributed by atoms with Crippen LogP contribution in [0.15, 0.2) is 30.3 Å². The highest BCUT2D eigenvalue weighted by molar-refractivity contribution is 7.91. The molecule has 2 aromatic rings. The van der Waals surface area contributed by atoms with Crippen molar-refractivity contribution in [2.24, 2.45) is 0 Å². The Morgan fingerprint density at radius 1 is 1.14 bits per heavy atom. The van der Waals surface area contributed by atoms with Gasteiger partial charge in [-0.2, -0.15) is 4.98 Å². The third kappa shape index (κ3) is 4.78. The third-order valence-electron chi connectivity index (χ3n) is 5.40. The number of aromatic amines is 1. The van der Waals surface area contributed by atoms with Crippen molar-refractivity contribution in [3.63, 3.8) is 0 Å². The zero-order chi connectivity index (χ0) is 19.6. The fourth-order valence-corrected chi connectivity index (χ4v) is 5.78. The van der Waals surface area contributed by atoms with E-state index in [1.54, 1.807) is 0 Å². The van der Waals surface area contributed by atoms with Gasteiger partial charge in [-0.15, -0.1) is 0 Å². The maximum atomic E-state index is 11.7. The van der Waals surface area contributed by atoms with Crippen LogP contribution in [0.25, 0.3) is 12.2 Å². The molecule has 7 nitrogen and oxygen atoms in total. The molecule has 1 N–H and O–H groups in total. The molecule has 1 aromatic heterocycles. The molecule has 1 aromatic carbocycles. The molecule has 0 radical (unpaired) electrons. The van der Waals surface area contributed by atoms with Crippen molar-refractivity contribution in [1.29, 1.82) is 0 Å². The zero-order valence-corrected chi connectivity index (χ0v) is 17.3. The van der Waals surface area contributed by atoms with Crippen LogP contribution in [0.4, 0.5) is 0 Å². The lowest BCUT2D eigenvalue weighted by Crippen LogP contribution is -2.50. The van der Waals surface area contributed by atoms with Gasteiger partial charge in [0.15, 0.2) is 9.84 Å². The average Bonchev–Trinajstić information content (AvgIpc) is 3.23. The van der Waals surface area contributed by atoms with Gasteiger partial charge in [-0.3, -0.25) is 14.9 Å². The second kappa shape index (κ2) is 8.28. The standard InChI is InChI=1S/C19H25N5O2S2/c25-28(26)13-8-17(14-28)23-11-9-22(10-12-23)15-24-19(27)20-18(21-24)7-6-16-4-2-1-3-5-16/h1-7,17H,8-15H2,(H,20,21,27)/b7-6+.